The molecule has 0 spiro atoms. The molecule has 0 bridgehead atoms. The van der Waals surface area contributed by atoms with Crippen LogP contribution in [0.2, 0.25) is 0 Å². The molecule has 136 valence electrons. The van der Waals surface area contributed by atoms with Crippen LogP contribution in [0.25, 0.3) is 0 Å². The summed E-state index contributed by atoms with van der Waals surface area (Å²) in [6.45, 7) is 2.87. The van der Waals surface area contributed by atoms with Crippen LogP contribution in [0.5, 0.6) is 5.75 Å². The van der Waals surface area contributed by atoms with Crippen molar-refractivity contribution in [2.45, 2.75) is 32.2 Å². The van der Waals surface area contributed by atoms with Crippen LogP contribution >= 0.6 is 0 Å². The fraction of sp³-hybridized carbons (Fsp3) is 0.409. The van der Waals surface area contributed by atoms with E-state index in [9.17, 15) is 4.79 Å². The van der Waals surface area contributed by atoms with Crippen molar-refractivity contribution in [1.82, 2.24) is 4.90 Å². The van der Waals surface area contributed by atoms with Gasteiger partial charge < -0.3 is 15.4 Å². The Hall–Kier alpha value is -2.33. The smallest absolute Gasteiger partial charge is 0.254 e. The molecule has 4 rings (SSSR count). The molecule has 26 heavy (non-hydrogen) atoms. The van der Waals surface area contributed by atoms with Gasteiger partial charge in [-0.25, -0.2) is 0 Å². The minimum absolute atomic E-state index is 0.125. The van der Waals surface area contributed by atoms with E-state index in [0.29, 0.717) is 13.1 Å². The first-order valence-corrected chi connectivity index (χ1v) is 9.56. The lowest BCUT2D eigenvalue weighted by Gasteiger charge is -2.29. The highest BCUT2D eigenvalue weighted by Gasteiger charge is 2.24. The van der Waals surface area contributed by atoms with E-state index in [1.165, 1.54) is 18.4 Å². The predicted octanol–water partition coefficient (Wildman–Crippen LogP) is 3.18. The second-order valence-corrected chi connectivity index (χ2v) is 7.41. The zero-order valence-electron chi connectivity index (χ0n) is 15.1. The minimum atomic E-state index is 0.125. The molecule has 2 aromatic carbocycles. The van der Waals surface area contributed by atoms with Gasteiger partial charge in [0.05, 0.1) is 6.61 Å². The van der Waals surface area contributed by atoms with Crippen LogP contribution in [0, 0.1) is 5.92 Å². The van der Waals surface area contributed by atoms with E-state index < -0.39 is 0 Å². The van der Waals surface area contributed by atoms with Gasteiger partial charge in [0.15, 0.2) is 0 Å². The van der Waals surface area contributed by atoms with Crippen molar-refractivity contribution in [3.05, 3.63) is 64.7 Å². The third kappa shape index (κ3) is 3.91. The summed E-state index contributed by atoms with van der Waals surface area (Å²) in [6.07, 6.45) is 4.36. The number of carbonyl (C=O) groups excluding carboxylic acids is 1. The quantitative estimate of drug-likeness (QED) is 0.834. The Morgan fingerprint density at radius 3 is 2.58 bits per heavy atom. The molecule has 1 aliphatic heterocycles. The van der Waals surface area contributed by atoms with Gasteiger partial charge in [0.25, 0.3) is 5.91 Å². The van der Waals surface area contributed by atoms with Crippen LogP contribution in [0.15, 0.2) is 42.5 Å². The van der Waals surface area contributed by atoms with E-state index >= 15 is 0 Å². The molecule has 0 saturated heterocycles. The van der Waals surface area contributed by atoms with Crippen molar-refractivity contribution in [3.63, 3.8) is 0 Å². The minimum Gasteiger partial charge on any atom is -0.493 e. The molecule has 4 nitrogen and oxygen atoms in total. The number of rotatable bonds is 7. The average molecular weight is 350 g/mol. The summed E-state index contributed by atoms with van der Waals surface area (Å²) < 4.78 is 5.78. The first kappa shape index (κ1) is 17.1. The predicted molar refractivity (Wildman–Crippen MR) is 102 cm³/mol. The van der Waals surface area contributed by atoms with Gasteiger partial charge in [-0.1, -0.05) is 24.3 Å². The molecule has 1 heterocycles. The Balaban J connectivity index is 1.40. The molecule has 0 atom stereocenters. The number of carbonyl (C=O) groups is 1. The Morgan fingerprint density at radius 1 is 1.08 bits per heavy atom. The van der Waals surface area contributed by atoms with Crippen LogP contribution in [0.3, 0.4) is 0 Å². The van der Waals surface area contributed by atoms with E-state index in [-0.39, 0.29) is 5.91 Å². The topological polar surface area (TPSA) is 55.6 Å². The number of hydrogen-bond donors (Lipinski definition) is 1. The first-order chi connectivity index (χ1) is 12.7. The molecule has 2 aromatic rings. The molecule has 1 amide bonds. The van der Waals surface area contributed by atoms with Gasteiger partial charge in [0, 0.05) is 18.7 Å². The first-order valence-electron chi connectivity index (χ1n) is 9.56. The molecule has 2 N–H and O–H groups in total. The van der Waals surface area contributed by atoms with Crippen LogP contribution in [-0.4, -0.2) is 30.5 Å². The number of hydrogen-bond acceptors (Lipinski definition) is 3. The van der Waals surface area contributed by atoms with E-state index in [1.807, 2.05) is 29.2 Å². The van der Waals surface area contributed by atoms with Gasteiger partial charge in [-0.05, 0) is 73.0 Å². The van der Waals surface area contributed by atoms with Crippen molar-refractivity contribution in [1.29, 1.82) is 0 Å². The standard InChI is InChI=1S/C22H26N2O2/c23-11-9-16-5-8-21-19(13-16)10-12-24(22(21)25)14-17-3-6-20(7-4-17)26-15-18-1-2-18/h3-8,13,18H,1-2,9-12,14-15,23H2. The van der Waals surface area contributed by atoms with E-state index in [4.69, 9.17) is 10.5 Å². The van der Waals surface area contributed by atoms with Crippen LogP contribution in [0.4, 0.5) is 0 Å². The molecule has 1 aliphatic carbocycles. The Kier molecular flexibility index (Phi) is 4.93. The molecule has 1 fully saturated rings. The van der Waals surface area contributed by atoms with Crippen molar-refractivity contribution in [3.8, 4) is 5.75 Å². The van der Waals surface area contributed by atoms with Crippen LogP contribution in [-0.2, 0) is 19.4 Å². The molecular weight excluding hydrogens is 324 g/mol. The maximum Gasteiger partial charge on any atom is 0.254 e. The Bertz CT molecular complexity index is 781. The lowest BCUT2D eigenvalue weighted by atomic mass is 9.95. The van der Waals surface area contributed by atoms with Gasteiger partial charge >= 0.3 is 0 Å². The number of amides is 1. The van der Waals surface area contributed by atoms with Gasteiger partial charge in [-0.15, -0.1) is 0 Å². The molecule has 0 aromatic heterocycles. The van der Waals surface area contributed by atoms with Gasteiger partial charge in [-0.3, -0.25) is 4.79 Å². The zero-order valence-corrected chi connectivity index (χ0v) is 15.1. The summed E-state index contributed by atoms with van der Waals surface area (Å²) >= 11 is 0. The summed E-state index contributed by atoms with van der Waals surface area (Å²) in [6, 6.07) is 14.3. The molecule has 2 aliphatic rings. The third-order valence-corrected chi connectivity index (χ3v) is 5.25. The monoisotopic (exact) mass is 350 g/mol. The number of nitrogens with zero attached hydrogens (tertiary/aromatic N) is 1. The van der Waals surface area contributed by atoms with E-state index in [1.54, 1.807) is 0 Å². The van der Waals surface area contributed by atoms with Gasteiger partial charge in [-0.2, -0.15) is 0 Å². The Labute approximate surface area is 155 Å². The number of nitrogens with two attached hydrogens (primary N) is 1. The van der Waals surface area contributed by atoms with Gasteiger partial charge in [0.2, 0.25) is 0 Å². The highest BCUT2D eigenvalue weighted by molar-refractivity contribution is 5.96. The largest absolute Gasteiger partial charge is 0.493 e. The third-order valence-electron chi connectivity index (χ3n) is 5.25. The lowest BCUT2D eigenvalue weighted by molar-refractivity contribution is 0.0727. The maximum absolute atomic E-state index is 12.8. The second-order valence-electron chi connectivity index (χ2n) is 7.41. The number of ether oxygens (including phenoxy) is 1. The summed E-state index contributed by atoms with van der Waals surface area (Å²) in [4.78, 5) is 14.8. The average Bonchev–Trinajstić information content (AvgIpc) is 3.48. The summed E-state index contributed by atoms with van der Waals surface area (Å²) in [5.74, 6) is 1.80. The fourth-order valence-electron chi connectivity index (χ4n) is 3.47. The fourth-order valence-corrected chi connectivity index (χ4v) is 3.47. The second kappa shape index (κ2) is 7.50. The van der Waals surface area contributed by atoms with Crippen molar-refractivity contribution >= 4 is 5.91 Å². The highest BCUT2D eigenvalue weighted by Crippen LogP contribution is 2.29. The van der Waals surface area contributed by atoms with Crippen molar-refractivity contribution < 1.29 is 9.53 Å². The zero-order chi connectivity index (χ0) is 17.9. The highest BCUT2D eigenvalue weighted by atomic mass is 16.5. The van der Waals surface area contributed by atoms with E-state index in [0.717, 1.165) is 54.4 Å². The molecule has 4 heteroatoms. The number of fused-ring (bicyclic) bond motifs is 1. The molecule has 0 unspecified atom stereocenters. The normalized spacial score (nSPS) is 16.5. The Morgan fingerprint density at radius 2 is 1.85 bits per heavy atom. The lowest BCUT2D eigenvalue weighted by Crippen LogP contribution is -2.37. The summed E-state index contributed by atoms with van der Waals surface area (Å²) in [7, 11) is 0. The number of benzene rings is 2. The molecular formula is C22H26N2O2. The maximum atomic E-state index is 12.8. The summed E-state index contributed by atoms with van der Waals surface area (Å²) in [5, 5.41) is 0. The van der Waals surface area contributed by atoms with E-state index in [2.05, 4.69) is 18.2 Å². The molecule has 0 radical (unpaired) electrons. The van der Waals surface area contributed by atoms with Crippen molar-refractivity contribution in [2.75, 3.05) is 19.7 Å². The van der Waals surface area contributed by atoms with Crippen LogP contribution < -0.4 is 10.5 Å². The van der Waals surface area contributed by atoms with Gasteiger partial charge in [0.1, 0.15) is 5.75 Å². The van der Waals surface area contributed by atoms with Crippen molar-refractivity contribution in [2.24, 2.45) is 11.7 Å². The van der Waals surface area contributed by atoms with Crippen LogP contribution in [0.1, 0.15) is 39.9 Å². The summed E-state index contributed by atoms with van der Waals surface area (Å²) in [5.41, 5.74) is 9.98. The molecule has 1 saturated carbocycles. The SMILES string of the molecule is NCCc1ccc2c(c1)CCN(Cc1ccc(OCC3CC3)cc1)C2=O.